The fourth-order valence-corrected chi connectivity index (χ4v) is 2.17. The minimum atomic E-state index is -3.41. The predicted octanol–water partition coefficient (Wildman–Crippen LogP) is 0.665. The molecule has 0 aliphatic heterocycles. The number of anilines is 2. The summed E-state index contributed by atoms with van der Waals surface area (Å²) >= 11 is 0. The van der Waals surface area contributed by atoms with Gasteiger partial charge >= 0.3 is 0 Å². The van der Waals surface area contributed by atoms with Crippen LogP contribution in [0.15, 0.2) is 18.2 Å². The van der Waals surface area contributed by atoms with E-state index in [0.717, 1.165) is 0 Å². The molecule has 0 spiro atoms. The van der Waals surface area contributed by atoms with Crippen LogP contribution in [0.25, 0.3) is 0 Å². The Labute approximate surface area is 101 Å². The summed E-state index contributed by atoms with van der Waals surface area (Å²) in [5.74, 6) is 0.327. The number of hydrogen-bond donors (Lipinski definition) is 2. The van der Waals surface area contributed by atoms with Gasteiger partial charge in [-0.05, 0) is 12.1 Å². The van der Waals surface area contributed by atoms with Gasteiger partial charge in [0.05, 0.1) is 30.8 Å². The summed E-state index contributed by atoms with van der Waals surface area (Å²) in [6, 6.07) is 4.68. The molecule has 17 heavy (non-hydrogen) atoms. The number of sulfonamides is 1. The van der Waals surface area contributed by atoms with Crippen LogP contribution < -0.4 is 15.2 Å². The highest BCUT2D eigenvalue weighted by molar-refractivity contribution is 7.92. The van der Waals surface area contributed by atoms with Crippen molar-refractivity contribution >= 4 is 21.4 Å². The minimum absolute atomic E-state index is 0.101. The van der Waals surface area contributed by atoms with E-state index in [0.29, 0.717) is 17.1 Å². The van der Waals surface area contributed by atoms with Crippen LogP contribution in [0.5, 0.6) is 5.75 Å². The number of hydrogen-bond acceptors (Lipinski definition) is 5. The average molecular weight is 260 g/mol. The zero-order valence-electron chi connectivity index (χ0n) is 9.76. The van der Waals surface area contributed by atoms with E-state index in [9.17, 15) is 8.42 Å². The summed E-state index contributed by atoms with van der Waals surface area (Å²) in [6.07, 6.45) is 0. The zero-order valence-corrected chi connectivity index (χ0v) is 10.6. The van der Waals surface area contributed by atoms with Gasteiger partial charge in [0.1, 0.15) is 5.75 Å². The van der Waals surface area contributed by atoms with Crippen LogP contribution in [0.3, 0.4) is 0 Å². The summed E-state index contributed by atoms with van der Waals surface area (Å²) in [5, 5.41) is 0. The van der Waals surface area contributed by atoms with E-state index in [1.54, 1.807) is 12.1 Å². The van der Waals surface area contributed by atoms with E-state index in [-0.39, 0.29) is 12.4 Å². The Morgan fingerprint density at radius 2 is 2.06 bits per heavy atom. The summed E-state index contributed by atoms with van der Waals surface area (Å²) in [7, 11) is -0.493. The topological polar surface area (TPSA) is 90.7 Å². The first-order valence-corrected chi connectivity index (χ1v) is 6.56. The lowest BCUT2D eigenvalue weighted by atomic mass is 10.3. The smallest absolute Gasteiger partial charge is 0.235 e. The quantitative estimate of drug-likeness (QED) is 0.733. The second-order valence-corrected chi connectivity index (χ2v) is 5.21. The molecule has 0 amide bonds. The molecule has 3 N–H and O–H groups in total. The van der Waals surface area contributed by atoms with Gasteiger partial charge in [-0.3, -0.25) is 4.72 Å². The molecule has 0 bridgehead atoms. The van der Waals surface area contributed by atoms with Crippen molar-refractivity contribution in [3.8, 4) is 5.75 Å². The highest BCUT2D eigenvalue weighted by Crippen LogP contribution is 2.25. The van der Waals surface area contributed by atoms with Gasteiger partial charge in [0.25, 0.3) is 0 Å². The highest BCUT2D eigenvalue weighted by atomic mass is 32.2. The molecule has 96 valence electrons. The highest BCUT2D eigenvalue weighted by Gasteiger charge is 2.11. The molecule has 1 aromatic rings. The van der Waals surface area contributed by atoms with Crippen molar-refractivity contribution in [3.05, 3.63) is 18.2 Å². The standard InChI is InChI=1S/C10H16N2O4S/c1-15-5-6-17(13,14)12-8-3-4-9(11)10(7-8)16-2/h3-4,7,12H,5-6,11H2,1-2H3. The van der Waals surface area contributed by atoms with Gasteiger partial charge in [0.15, 0.2) is 0 Å². The summed E-state index contributed by atoms with van der Waals surface area (Å²) in [6.45, 7) is 0.140. The largest absolute Gasteiger partial charge is 0.495 e. The van der Waals surface area contributed by atoms with Crippen molar-refractivity contribution in [3.63, 3.8) is 0 Å². The van der Waals surface area contributed by atoms with Crippen LogP contribution >= 0.6 is 0 Å². The molecule has 0 aliphatic rings. The van der Waals surface area contributed by atoms with E-state index in [2.05, 4.69) is 4.72 Å². The lowest BCUT2D eigenvalue weighted by Crippen LogP contribution is -2.19. The number of benzene rings is 1. The molecule has 0 radical (unpaired) electrons. The van der Waals surface area contributed by atoms with Crippen LogP contribution in [0.1, 0.15) is 0 Å². The molecular formula is C10H16N2O4S. The molecule has 0 saturated carbocycles. The van der Waals surface area contributed by atoms with Crippen LogP contribution in [0.2, 0.25) is 0 Å². The third kappa shape index (κ3) is 4.12. The lowest BCUT2D eigenvalue weighted by Gasteiger charge is -2.10. The Balaban J connectivity index is 2.81. The van der Waals surface area contributed by atoms with Crippen molar-refractivity contribution in [2.75, 3.05) is 37.0 Å². The zero-order chi connectivity index (χ0) is 12.9. The SMILES string of the molecule is COCCS(=O)(=O)Nc1ccc(N)c(OC)c1. The van der Waals surface area contributed by atoms with Crippen molar-refractivity contribution in [1.82, 2.24) is 0 Å². The number of nitrogen functional groups attached to an aromatic ring is 1. The normalized spacial score (nSPS) is 11.2. The van der Waals surface area contributed by atoms with E-state index in [1.165, 1.54) is 20.3 Å². The van der Waals surface area contributed by atoms with Crippen molar-refractivity contribution in [1.29, 1.82) is 0 Å². The van der Waals surface area contributed by atoms with Gasteiger partial charge < -0.3 is 15.2 Å². The Hall–Kier alpha value is -1.47. The molecule has 0 saturated heterocycles. The van der Waals surface area contributed by atoms with E-state index < -0.39 is 10.0 Å². The molecule has 0 aromatic heterocycles. The number of nitrogens with two attached hydrogens (primary N) is 1. The van der Waals surface area contributed by atoms with Gasteiger partial charge in [0.2, 0.25) is 10.0 Å². The van der Waals surface area contributed by atoms with Gasteiger partial charge in [0, 0.05) is 13.2 Å². The summed E-state index contributed by atoms with van der Waals surface area (Å²) in [5.41, 5.74) is 6.48. The predicted molar refractivity (Wildman–Crippen MR) is 66.7 cm³/mol. The molecule has 1 aromatic carbocycles. The molecule has 1 rings (SSSR count). The number of nitrogens with one attached hydrogen (secondary N) is 1. The van der Waals surface area contributed by atoms with Crippen LogP contribution in [0, 0.1) is 0 Å². The fourth-order valence-electron chi connectivity index (χ4n) is 1.20. The van der Waals surface area contributed by atoms with Crippen LogP contribution in [-0.2, 0) is 14.8 Å². The number of methoxy groups -OCH3 is 2. The summed E-state index contributed by atoms with van der Waals surface area (Å²) < 4.78 is 35.3. The van der Waals surface area contributed by atoms with Gasteiger partial charge in [-0.1, -0.05) is 0 Å². The number of rotatable bonds is 6. The van der Waals surface area contributed by atoms with E-state index in [4.69, 9.17) is 15.2 Å². The Bertz CT molecular complexity index is 473. The van der Waals surface area contributed by atoms with Gasteiger partial charge in [-0.25, -0.2) is 8.42 Å². The second-order valence-electron chi connectivity index (χ2n) is 3.37. The molecule has 0 atom stereocenters. The fraction of sp³-hybridized carbons (Fsp3) is 0.400. The molecule has 0 unspecified atom stereocenters. The van der Waals surface area contributed by atoms with Crippen molar-refractivity contribution in [2.45, 2.75) is 0 Å². The molecule has 0 heterocycles. The molecule has 0 fully saturated rings. The maximum atomic E-state index is 11.6. The maximum Gasteiger partial charge on any atom is 0.235 e. The number of ether oxygens (including phenoxy) is 2. The van der Waals surface area contributed by atoms with E-state index >= 15 is 0 Å². The van der Waals surface area contributed by atoms with Gasteiger partial charge in [-0.2, -0.15) is 0 Å². The van der Waals surface area contributed by atoms with Crippen LogP contribution in [-0.4, -0.2) is 35.0 Å². The third-order valence-electron chi connectivity index (χ3n) is 2.06. The van der Waals surface area contributed by atoms with Crippen molar-refractivity contribution in [2.24, 2.45) is 0 Å². The molecule has 6 nitrogen and oxygen atoms in total. The lowest BCUT2D eigenvalue weighted by molar-refractivity contribution is 0.217. The Morgan fingerprint density at radius 3 is 2.65 bits per heavy atom. The Morgan fingerprint density at radius 1 is 1.35 bits per heavy atom. The average Bonchev–Trinajstić information content (AvgIpc) is 2.29. The third-order valence-corrected chi connectivity index (χ3v) is 3.31. The first kappa shape index (κ1) is 13.6. The second kappa shape index (κ2) is 5.74. The van der Waals surface area contributed by atoms with E-state index in [1.807, 2.05) is 0 Å². The molecule has 7 heteroatoms. The first-order valence-electron chi connectivity index (χ1n) is 4.91. The molecule has 0 aliphatic carbocycles. The van der Waals surface area contributed by atoms with Crippen LogP contribution in [0.4, 0.5) is 11.4 Å². The van der Waals surface area contributed by atoms with Crippen molar-refractivity contribution < 1.29 is 17.9 Å². The minimum Gasteiger partial charge on any atom is -0.495 e. The molecular weight excluding hydrogens is 244 g/mol. The van der Waals surface area contributed by atoms with Gasteiger partial charge in [-0.15, -0.1) is 0 Å². The Kier molecular flexibility index (Phi) is 4.59. The first-order chi connectivity index (χ1) is 7.98. The summed E-state index contributed by atoms with van der Waals surface area (Å²) in [4.78, 5) is 0. The monoisotopic (exact) mass is 260 g/mol. The maximum absolute atomic E-state index is 11.6.